The van der Waals surface area contributed by atoms with Crippen molar-refractivity contribution in [3.05, 3.63) is 17.0 Å². The first-order chi connectivity index (χ1) is 9.77. The number of aromatic nitrogens is 1. The topological polar surface area (TPSA) is 119 Å². The number of carboxylic acid groups (broad SMARTS) is 1. The van der Waals surface area contributed by atoms with Crippen molar-refractivity contribution in [2.75, 3.05) is 7.11 Å². The monoisotopic (exact) mass is 298 g/mol. The number of carbonyl (C=O) groups is 3. The third-order valence-corrected chi connectivity index (χ3v) is 2.84. The molecular weight excluding hydrogens is 280 g/mol. The van der Waals surface area contributed by atoms with Gasteiger partial charge in [-0.2, -0.15) is 0 Å². The third-order valence-electron chi connectivity index (χ3n) is 2.84. The fraction of sp³-hybridized carbons (Fsp3) is 0.538. The Labute approximate surface area is 121 Å². The van der Waals surface area contributed by atoms with E-state index >= 15 is 0 Å². The van der Waals surface area contributed by atoms with Crippen LogP contribution in [0.25, 0.3) is 0 Å². The highest BCUT2D eigenvalue weighted by Gasteiger charge is 2.28. The fourth-order valence-corrected chi connectivity index (χ4v) is 1.74. The highest BCUT2D eigenvalue weighted by molar-refractivity contribution is 5.99. The maximum atomic E-state index is 12.2. The maximum absolute atomic E-state index is 12.2. The Balaban J connectivity index is 2.95. The van der Waals surface area contributed by atoms with Crippen molar-refractivity contribution >= 4 is 17.8 Å². The van der Waals surface area contributed by atoms with Crippen molar-refractivity contribution in [3.8, 4) is 0 Å². The predicted octanol–water partition coefficient (Wildman–Crippen LogP) is 0.853. The van der Waals surface area contributed by atoms with Crippen LogP contribution in [0.2, 0.25) is 0 Å². The summed E-state index contributed by atoms with van der Waals surface area (Å²) < 4.78 is 9.48. The SMILES string of the molecule is COC(=O)C[C@H](NC(=O)c1c(C)noc1C(C)C)C(=O)O. The van der Waals surface area contributed by atoms with Crippen LogP contribution >= 0.6 is 0 Å². The van der Waals surface area contributed by atoms with E-state index in [-0.39, 0.29) is 11.5 Å². The second kappa shape index (κ2) is 6.87. The second-order valence-electron chi connectivity index (χ2n) is 4.81. The molecule has 0 unspecified atom stereocenters. The first kappa shape index (κ1) is 16.7. The number of ether oxygens (including phenoxy) is 1. The smallest absolute Gasteiger partial charge is 0.326 e. The number of carboxylic acids is 1. The van der Waals surface area contributed by atoms with Gasteiger partial charge in [-0.05, 0) is 6.92 Å². The summed E-state index contributed by atoms with van der Waals surface area (Å²) in [6.07, 6.45) is -0.459. The van der Waals surface area contributed by atoms with E-state index < -0.39 is 30.3 Å². The van der Waals surface area contributed by atoms with Gasteiger partial charge in [0.05, 0.1) is 19.2 Å². The van der Waals surface area contributed by atoms with Gasteiger partial charge in [-0.15, -0.1) is 0 Å². The molecule has 0 aliphatic carbocycles. The summed E-state index contributed by atoms with van der Waals surface area (Å²) in [4.78, 5) is 34.5. The van der Waals surface area contributed by atoms with Gasteiger partial charge in [0.25, 0.3) is 5.91 Å². The molecule has 1 rings (SSSR count). The maximum Gasteiger partial charge on any atom is 0.326 e. The van der Waals surface area contributed by atoms with Crippen molar-refractivity contribution in [1.82, 2.24) is 10.5 Å². The Hall–Kier alpha value is -2.38. The summed E-state index contributed by atoms with van der Waals surface area (Å²) in [5.41, 5.74) is 0.555. The molecule has 0 aromatic carbocycles. The highest BCUT2D eigenvalue weighted by Crippen LogP contribution is 2.22. The molecule has 0 fully saturated rings. The van der Waals surface area contributed by atoms with E-state index in [4.69, 9.17) is 9.63 Å². The van der Waals surface area contributed by atoms with E-state index in [1.165, 1.54) is 0 Å². The molecule has 21 heavy (non-hydrogen) atoms. The minimum atomic E-state index is -1.38. The summed E-state index contributed by atoms with van der Waals surface area (Å²) in [5, 5.41) is 15.0. The number of aliphatic carboxylic acids is 1. The number of aryl methyl sites for hydroxylation is 1. The zero-order valence-electron chi connectivity index (χ0n) is 12.3. The molecule has 1 atom stereocenters. The Kier molecular flexibility index (Phi) is 5.45. The minimum absolute atomic E-state index is 0.0872. The molecule has 1 amide bonds. The predicted molar refractivity (Wildman–Crippen MR) is 70.9 cm³/mol. The van der Waals surface area contributed by atoms with Crippen molar-refractivity contribution < 1.29 is 28.8 Å². The van der Waals surface area contributed by atoms with Crippen LogP contribution in [-0.4, -0.2) is 41.3 Å². The van der Waals surface area contributed by atoms with E-state index in [1.807, 2.05) is 13.8 Å². The molecule has 0 aliphatic heterocycles. The van der Waals surface area contributed by atoms with Crippen molar-refractivity contribution in [3.63, 3.8) is 0 Å². The zero-order valence-corrected chi connectivity index (χ0v) is 12.3. The van der Waals surface area contributed by atoms with Crippen LogP contribution in [0.1, 0.15) is 48.0 Å². The van der Waals surface area contributed by atoms with Crippen LogP contribution in [-0.2, 0) is 14.3 Å². The Morgan fingerprint density at radius 3 is 2.48 bits per heavy atom. The van der Waals surface area contributed by atoms with Gasteiger partial charge in [-0.1, -0.05) is 19.0 Å². The number of hydrogen-bond donors (Lipinski definition) is 2. The zero-order chi connectivity index (χ0) is 16.2. The van der Waals surface area contributed by atoms with Crippen LogP contribution in [0.4, 0.5) is 0 Å². The second-order valence-corrected chi connectivity index (χ2v) is 4.81. The molecular formula is C13H18N2O6. The molecule has 2 N–H and O–H groups in total. The lowest BCUT2D eigenvalue weighted by Crippen LogP contribution is -2.42. The summed E-state index contributed by atoms with van der Waals surface area (Å²) in [7, 11) is 1.14. The quantitative estimate of drug-likeness (QED) is 0.747. The molecule has 0 spiro atoms. The summed E-state index contributed by atoms with van der Waals surface area (Å²) >= 11 is 0. The van der Waals surface area contributed by atoms with Crippen molar-refractivity contribution in [1.29, 1.82) is 0 Å². The summed E-state index contributed by atoms with van der Waals surface area (Å²) in [6.45, 7) is 5.22. The van der Waals surface area contributed by atoms with Gasteiger partial charge in [0.1, 0.15) is 11.6 Å². The molecule has 8 heteroatoms. The molecule has 0 radical (unpaired) electrons. The standard InChI is InChI=1S/C13H18N2O6/c1-6(2)11-10(7(3)15-21-11)12(17)14-8(13(18)19)5-9(16)20-4/h6,8H,5H2,1-4H3,(H,14,17)(H,18,19)/t8-/m0/s1. The fourth-order valence-electron chi connectivity index (χ4n) is 1.74. The number of rotatable bonds is 6. The van der Waals surface area contributed by atoms with Crippen molar-refractivity contribution in [2.45, 2.75) is 39.2 Å². The van der Waals surface area contributed by atoms with Crippen LogP contribution in [0.15, 0.2) is 4.52 Å². The molecule has 1 aromatic rings. The van der Waals surface area contributed by atoms with Gasteiger partial charge >= 0.3 is 11.9 Å². The molecule has 0 saturated heterocycles. The summed E-state index contributed by atoms with van der Waals surface area (Å²) in [5.74, 6) is -2.42. The van der Waals surface area contributed by atoms with E-state index in [0.29, 0.717) is 11.5 Å². The number of nitrogens with one attached hydrogen (secondary N) is 1. The molecule has 0 aliphatic rings. The number of hydrogen-bond acceptors (Lipinski definition) is 6. The largest absolute Gasteiger partial charge is 0.480 e. The van der Waals surface area contributed by atoms with E-state index in [0.717, 1.165) is 7.11 Å². The average molecular weight is 298 g/mol. The number of esters is 1. The molecule has 0 bridgehead atoms. The van der Waals surface area contributed by atoms with Gasteiger partial charge < -0.3 is 19.7 Å². The lowest BCUT2D eigenvalue weighted by atomic mass is 10.0. The van der Waals surface area contributed by atoms with Gasteiger partial charge in [-0.3, -0.25) is 9.59 Å². The van der Waals surface area contributed by atoms with E-state index in [9.17, 15) is 14.4 Å². The van der Waals surface area contributed by atoms with Gasteiger partial charge in [-0.25, -0.2) is 4.79 Å². The van der Waals surface area contributed by atoms with Crippen LogP contribution in [0, 0.1) is 6.92 Å². The Bertz CT molecular complexity index is 549. The molecule has 8 nitrogen and oxygen atoms in total. The highest BCUT2D eigenvalue weighted by atomic mass is 16.5. The minimum Gasteiger partial charge on any atom is -0.480 e. The first-order valence-corrected chi connectivity index (χ1v) is 6.34. The van der Waals surface area contributed by atoms with Gasteiger partial charge in [0.15, 0.2) is 5.76 Å². The normalized spacial score (nSPS) is 12.0. The molecule has 1 heterocycles. The van der Waals surface area contributed by atoms with Gasteiger partial charge in [0, 0.05) is 5.92 Å². The van der Waals surface area contributed by atoms with E-state index in [1.54, 1.807) is 6.92 Å². The number of amides is 1. The van der Waals surface area contributed by atoms with Crippen molar-refractivity contribution in [2.24, 2.45) is 0 Å². The average Bonchev–Trinajstić information content (AvgIpc) is 2.79. The Morgan fingerprint density at radius 1 is 1.38 bits per heavy atom. The third kappa shape index (κ3) is 4.04. The number of nitrogens with zero attached hydrogens (tertiary/aromatic N) is 1. The van der Waals surface area contributed by atoms with Gasteiger partial charge in [0.2, 0.25) is 0 Å². The van der Waals surface area contributed by atoms with Crippen LogP contribution in [0.3, 0.4) is 0 Å². The van der Waals surface area contributed by atoms with Crippen LogP contribution < -0.4 is 5.32 Å². The van der Waals surface area contributed by atoms with Crippen LogP contribution in [0.5, 0.6) is 0 Å². The lowest BCUT2D eigenvalue weighted by Gasteiger charge is -2.13. The number of methoxy groups -OCH3 is 1. The Morgan fingerprint density at radius 2 is 2.00 bits per heavy atom. The summed E-state index contributed by atoms with van der Waals surface area (Å²) in [6, 6.07) is -1.38. The lowest BCUT2D eigenvalue weighted by molar-refractivity contribution is -0.147. The molecule has 0 saturated carbocycles. The molecule has 116 valence electrons. The van der Waals surface area contributed by atoms with E-state index in [2.05, 4.69) is 15.2 Å². The first-order valence-electron chi connectivity index (χ1n) is 6.34. The number of carbonyl (C=O) groups excluding carboxylic acids is 2. The molecule has 1 aromatic heterocycles.